The van der Waals surface area contributed by atoms with E-state index < -0.39 is 17.9 Å². The van der Waals surface area contributed by atoms with Crippen molar-refractivity contribution in [2.75, 3.05) is 0 Å². The van der Waals surface area contributed by atoms with E-state index in [1.54, 1.807) is 20.8 Å². The van der Waals surface area contributed by atoms with E-state index in [0.717, 1.165) is 4.52 Å². The van der Waals surface area contributed by atoms with Gasteiger partial charge < -0.3 is 0 Å². The smallest absolute Gasteiger partial charge is 0.273 e. The molecule has 0 radical (unpaired) electrons. The fourth-order valence-corrected chi connectivity index (χ4v) is 2.06. The molecule has 0 bridgehead atoms. The minimum absolute atomic E-state index is 0.180. The van der Waals surface area contributed by atoms with Crippen molar-refractivity contribution in [2.24, 2.45) is 5.92 Å². The van der Waals surface area contributed by atoms with Gasteiger partial charge in [0.15, 0.2) is 0 Å². The standard InChI is InChI=1S/C14H17F3N6O2/c1-6(2)11(25)21-20-10(24)5-9-7(3)18-13-19-12(14(15,16)17)22-23(13)8(9)4/h6H,5H2,1-4H3,(H,20,24)(H,21,25). The van der Waals surface area contributed by atoms with Gasteiger partial charge in [0.1, 0.15) is 0 Å². The Morgan fingerprint density at radius 1 is 1.16 bits per heavy atom. The number of halogens is 3. The number of rotatable bonds is 3. The summed E-state index contributed by atoms with van der Waals surface area (Å²) in [6.07, 6.45) is -4.87. The molecule has 0 atom stereocenters. The zero-order valence-electron chi connectivity index (χ0n) is 14.0. The molecule has 2 aromatic heterocycles. The van der Waals surface area contributed by atoms with E-state index in [1.807, 2.05) is 0 Å². The second-order valence-electron chi connectivity index (χ2n) is 5.78. The molecule has 0 aliphatic rings. The molecule has 11 heteroatoms. The molecule has 136 valence electrons. The van der Waals surface area contributed by atoms with Crippen molar-refractivity contribution in [1.29, 1.82) is 0 Å². The van der Waals surface area contributed by atoms with E-state index in [4.69, 9.17) is 0 Å². The lowest BCUT2D eigenvalue weighted by molar-refractivity contribution is -0.144. The largest absolute Gasteiger partial charge is 0.453 e. The normalized spacial score (nSPS) is 11.8. The third-order valence-corrected chi connectivity index (χ3v) is 3.49. The van der Waals surface area contributed by atoms with E-state index >= 15 is 0 Å². The van der Waals surface area contributed by atoms with Crippen LogP contribution in [0, 0.1) is 19.8 Å². The van der Waals surface area contributed by atoms with Crippen LogP contribution in [0.25, 0.3) is 5.78 Å². The molecule has 2 amide bonds. The van der Waals surface area contributed by atoms with Gasteiger partial charge >= 0.3 is 6.18 Å². The highest BCUT2D eigenvalue weighted by Gasteiger charge is 2.37. The molecular formula is C14H17F3N6O2. The van der Waals surface area contributed by atoms with Gasteiger partial charge in [-0.15, -0.1) is 5.10 Å². The summed E-state index contributed by atoms with van der Waals surface area (Å²) >= 11 is 0. The molecule has 2 rings (SSSR count). The Labute approximate surface area is 140 Å². The second-order valence-corrected chi connectivity index (χ2v) is 5.78. The summed E-state index contributed by atoms with van der Waals surface area (Å²) in [5, 5.41) is 3.41. The first-order valence-electron chi connectivity index (χ1n) is 7.39. The Morgan fingerprint density at radius 2 is 1.80 bits per heavy atom. The number of hydrazine groups is 1. The third kappa shape index (κ3) is 4.03. The number of carbonyl (C=O) groups is 2. The van der Waals surface area contributed by atoms with Gasteiger partial charge in [0, 0.05) is 22.9 Å². The molecule has 2 aromatic rings. The van der Waals surface area contributed by atoms with Crippen LogP contribution >= 0.6 is 0 Å². The first-order chi connectivity index (χ1) is 11.5. The van der Waals surface area contributed by atoms with Crippen molar-refractivity contribution in [3.05, 3.63) is 22.8 Å². The van der Waals surface area contributed by atoms with Gasteiger partial charge in [0.05, 0.1) is 6.42 Å². The number of aryl methyl sites for hydroxylation is 2. The summed E-state index contributed by atoms with van der Waals surface area (Å²) in [4.78, 5) is 30.7. The molecule has 25 heavy (non-hydrogen) atoms. The summed E-state index contributed by atoms with van der Waals surface area (Å²) in [5.74, 6) is -2.69. The zero-order valence-corrected chi connectivity index (χ0v) is 14.0. The highest BCUT2D eigenvalue weighted by atomic mass is 19.4. The highest BCUT2D eigenvalue weighted by Crippen LogP contribution is 2.27. The zero-order chi connectivity index (χ0) is 18.9. The van der Waals surface area contributed by atoms with Gasteiger partial charge in [-0.2, -0.15) is 18.2 Å². The lowest BCUT2D eigenvalue weighted by Crippen LogP contribution is -2.44. The fraction of sp³-hybridized carbons (Fsp3) is 0.500. The van der Waals surface area contributed by atoms with Crippen molar-refractivity contribution >= 4 is 17.6 Å². The first kappa shape index (κ1) is 18.6. The molecule has 0 fully saturated rings. The Balaban J connectivity index is 2.26. The summed E-state index contributed by atoms with van der Waals surface area (Å²) in [6, 6.07) is 0. The molecule has 2 heterocycles. The van der Waals surface area contributed by atoms with Crippen molar-refractivity contribution in [1.82, 2.24) is 30.4 Å². The maximum absolute atomic E-state index is 12.7. The summed E-state index contributed by atoms with van der Waals surface area (Å²) in [6.45, 7) is 6.41. The van der Waals surface area contributed by atoms with Crippen LogP contribution < -0.4 is 10.9 Å². The highest BCUT2D eigenvalue weighted by molar-refractivity contribution is 5.84. The average Bonchev–Trinajstić information content (AvgIpc) is 2.93. The Kier molecular flexibility index (Phi) is 4.95. The molecule has 0 saturated heterocycles. The number of nitrogens with zero attached hydrogens (tertiary/aromatic N) is 4. The van der Waals surface area contributed by atoms with Gasteiger partial charge in [-0.3, -0.25) is 20.4 Å². The maximum Gasteiger partial charge on any atom is 0.453 e. The van der Waals surface area contributed by atoms with Crippen LogP contribution in [0.5, 0.6) is 0 Å². The Bertz CT molecular complexity index is 828. The Hall–Kier alpha value is -2.72. The van der Waals surface area contributed by atoms with E-state index in [1.165, 1.54) is 6.92 Å². The first-order valence-corrected chi connectivity index (χ1v) is 7.39. The second kappa shape index (κ2) is 6.65. The Morgan fingerprint density at radius 3 is 2.36 bits per heavy atom. The van der Waals surface area contributed by atoms with Gasteiger partial charge in [-0.25, -0.2) is 9.50 Å². The van der Waals surface area contributed by atoms with Crippen LogP contribution in [0.4, 0.5) is 13.2 Å². The summed E-state index contributed by atoms with van der Waals surface area (Å²) in [5.41, 5.74) is 5.59. The number of nitrogens with one attached hydrogen (secondary N) is 2. The monoisotopic (exact) mass is 358 g/mol. The lowest BCUT2D eigenvalue weighted by atomic mass is 10.1. The van der Waals surface area contributed by atoms with Crippen LogP contribution in [-0.4, -0.2) is 31.4 Å². The molecule has 0 unspecified atom stereocenters. The predicted molar refractivity (Wildman–Crippen MR) is 80.1 cm³/mol. The van der Waals surface area contributed by atoms with Crippen molar-refractivity contribution in [3.63, 3.8) is 0 Å². The quantitative estimate of drug-likeness (QED) is 0.801. The molecular weight excluding hydrogens is 341 g/mol. The van der Waals surface area contributed by atoms with Gasteiger partial charge in [-0.1, -0.05) is 13.8 Å². The fourth-order valence-electron chi connectivity index (χ4n) is 2.06. The molecule has 0 saturated carbocycles. The molecule has 0 aromatic carbocycles. The number of hydrogen-bond acceptors (Lipinski definition) is 5. The number of amides is 2. The van der Waals surface area contributed by atoms with E-state index in [2.05, 4.69) is 25.9 Å². The number of alkyl halides is 3. The van der Waals surface area contributed by atoms with Crippen molar-refractivity contribution in [2.45, 2.75) is 40.3 Å². The molecule has 0 aliphatic heterocycles. The number of carbonyl (C=O) groups excluding carboxylic acids is 2. The van der Waals surface area contributed by atoms with Crippen LogP contribution in [0.3, 0.4) is 0 Å². The lowest BCUT2D eigenvalue weighted by Gasteiger charge is -2.12. The van der Waals surface area contributed by atoms with E-state index in [0.29, 0.717) is 17.0 Å². The van der Waals surface area contributed by atoms with Gasteiger partial charge in [0.25, 0.3) is 11.6 Å². The van der Waals surface area contributed by atoms with Crippen molar-refractivity contribution < 1.29 is 22.8 Å². The van der Waals surface area contributed by atoms with E-state index in [-0.39, 0.29) is 24.0 Å². The molecule has 2 N–H and O–H groups in total. The van der Waals surface area contributed by atoms with Crippen molar-refractivity contribution in [3.8, 4) is 0 Å². The van der Waals surface area contributed by atoms with E-state index in [9.17, 15) is 22.8 Å². The number of hydrogen-bond donors (Lipinski definition) is 2. The number of fused-ring (bicyclic) bond motifs is 1. The minimum Gasteiger partial charge on any atom is -0.273 e. The SMILES string of the molecule is Cc1nc2nc(C(F)(F)F)nn2c(C)c1CC(=O)NNC(=O)C(C)C. The summed E-state index contributed by atoms with van der Waals surface area (Å²) < 4.78 is 39.2. The van der Waals surface area contributed by atoms with Crippen LogP contribution in [0.1, 0.15) is 36.6 Å². The molecule has 0 aliphatic carbocycles. The molecule has 0 spiro atoms. The number of aromatic nitrogens is 4. The average molecular weight is 358 g/mol. The van der Waals surface area contributed by atoms with Gasteiger partial charge in [-0.05, 0) is 13.8 Å². The van der Waals surface area contributed by atoms with Crippen LogP contribution in [0.2, 0.25) is 0 Å². The minimum atomic E-state index is -4.69. The topological polar surface area (TPSA) is 101 Å². The molecule has 8 nitrogen and oxygen atoms in total. The third-order valence-electron chi connectivity index (χ3n) is 3.49. The summed E-state index contributed by atoms with van der Waals surface area (Å²) in [7, 11) is 0. The van der Waals surface area contributed by atoms with Crippen LogP contribution in [-0.2, 0) is 22.2 Å². The van der Waals surface area contributed by atoms with Gasteiger partial charge in [0.2, 0.25) is 11.8 Å². The predicted octanol–water partition coefficient (Wildman–Crippen LogP) is 1.11. The van der Waals surface area contributed by atoms with Crippen LogP contribution in [0.15, 0.2) is 0 Å². The maximum atomic E-state index is 12.7.